The second kappa shape index (κ2) is 5.37. The summed E-state index contributed by atoms with van der Waals surface area (Å²) in [6.07, 6.45) is -0.0890. The lowest BCUT2D eigenvalue weighted by Crippen LogP contribution is -2.39. The fraction of sp³-hybridized carbons (Fsp3) is 0.158. The first-order valence-corrected chi connectivity index (χ1v) is 7.92. The maximum Gasteiger partial charge on any atom is 0.336 e. The first kappa shape index (κ1) is 15.3. The van der Waals surface area contributed by atoms with Gasteiger partial charge in [-0.15, -0.1) is 0 Å². The van der Waals surface area contributed by atoms with Crippen LogP contribution in [0, 0.1) is 6.92 Å². The van der Waals surface area contributed by atoms with Crippen LogP contribution in [0.5, 0.6) is 0 Å². The lowest BCUT2D eigenvalue weighted by Gasteiger charge is -2.14. The molecule has 1 aliphatic heterocycles. The number of aryl methyl sites for hydroxylation is 2. The molecule has 0 saturated heterocycles. The van der Waals surface area contributed by atoms with Gasteiger partial charge in [-0.25, -0.2) is 9.36 Å². The van der Waals surface area contributed by atoms with Crippen LogP contribution in [-0.2, 0) is 11.3 Å². The number of aromatic nitrogens is 2. The van der Waals surface area contributed by atoms with Crippen molar-refractivity contribution < 1.29 is 9.59 Å². The lowest BCUT2D eigenvalue weighted by atomic mass is 10.0. The summed E-state index contributed by atoms with van der Waals surface area (Å²) in [6, 6.07) is 11.5. The Morgan fingerprint density at radius 3 is 2.52 bits per heavy atom. The van der Waals surface area contributed by atoms with Crippen molar-refractivity contribution >= 4 is 22.5 Å². The summed E-state index contributed by atoms with van der Waals surface area (Å²) in [6.45, 7) is 1.85. The molecule has 6 nitrogen and oxygen atoms in total. The van der Waals surface area contributed by atoms with E-state index in [9.17, 15) is 19.2 Å². The van der Waals surface area contributed by atoms with E-state index in [1.165, 1.54) is 10.6 Å². The molecule has 6 heteroatoms. The SMILES string of the molecule is Cc1ccc2c(c1)-n1c(=O)c3ccccc3n(c1=O)CCC(=O)C2=O. The van der Waals surface area contributed by atoms with E-state index in [1.54, 1.807) is 43.3 Å². The second-order valence-corrected chi connectivity index (χ2v) is 6.11. The average molecular weight is 334 g/mol. The van der Waals surface area contributed by atoms with Gasteiger partial charge in [-0.2, -0.15) is 0 Å². The zero-order chi connectivity index (χ0) is 17.7. The standard InChI is InChI=1S/C19H14N2O4/c1-11-6-7-12-15(10-11)21-18(24)13-4-2-3-5-14(13)20(19(21)25)9-8-16(22)17(12)23/h2-7,10H,8-9H2,1H3. The summed E-state index contributed by atoms with van der Waals surface area (Å²) in [5, 5.41) is 0.372. The molecule has 124 valence electrons. The molecule has 0 aliphatic carbocycles. The Labute approximate surface area is 141 Å². The number of fused-ring (bicyclic) bond motifs is 6. The van der Waals surface area contributed by atoms with E-state index in [1.807, 2.05) is 0 Å². The first-order valence-electron chi connectivity index (χ1n) is 7.92. The van der Waals surface area contributed by atoms with Crippen LogP contribution in [0.3, 0.4) is 0 Å². The van der Waals surface area contributed by atoms with Crippen molar-refractivity contribution in [1.29, 1.82) is 0 Å². The van der Waals surface area contributed by atoms with E-state index in [0.29, 0.717) is 10.9 Å². The van der Waals surface area contributed by atoms with Crippen LogP contribution < -0.4 is 11.2 Å². The van der Waals surface area contributed by atoms with Gasteiger partial charge in [-0.05, 0) is 36.8 Å². The number of rotatable bonds is 0. The number of hydrogen-bond acceptors (Lipinski definition) is 4. The molecule has 4 rings (SSSR count). The summed E-state index contributed by atoms with van der Waals surface area (Å²) < 4.78 is 2.39. The maximum absolute atomic E-state index is 13.0. The highest BCUT2D eigenvalue weighted by Crippen LogP contribution is 2.19. The number of carbonyl (C=O) groups is 2. The number of benzene rings is 2. The van der Waals surface area contributed by atoms with Gasteiger partial charge in [-0.1, -0.05) is 18.2 Å². The number of ketones is 2. The molecule has 0 radical (unpaired) electrons. The van der Waals surface area contributed by atoms with Crippen molar-refractivity contribution in [3.8, 4) is 5.69 Å². The first-order chi connectivity index (χ1) is 12.0. The Kier molecular flexibility index (Phi) is 3.28. The Hall–Kier alpha value is -3.28. The molecule has 2 aromatic carbocycles. The van der Waals surface area contributed by atoms with Gasteiger partial charge in [0.2, 0.25) is 11.6 Å². The highest BCUT2D eigenvalue weighted by Gasteiger charge is 2.26. The van der Waals surface area contributed by atoms with Gasteiger partial charge in [0.15, 0.2) is 0 Å². The van der Waals surface area contributed by atoms with E-state index < -0.39 is 22.8 Å². The Balaban J connectivity index is 2.26. The summed E-state index contributed by atoms with van der Waals surface area (Å²) in [5.41, 5.74) is 0.450. The summed E-state index contributed by atoms with van der Waals surface area (Å²) in [7, 11) is 0. The second-order valence-electron chi connectivity index (χ2n) is 6.11. The van der Waals surface area contributed by atoms with Crippen LogP contribution >= 0.6 is 0 Å². The van der Waals surface area contributed by atoms with Crippen molar-refractivity contribution in [1.82, 2.24) is 9.13 Å². The molecule has 0 N–H and O–H groups in total. The van der Waals surface area contributed by atoms with Gasteiger partial charge >= 0.3 is 5.69 Å². The number of Topliss-reactive ketones (excluding diaryl/α,β-unsaturated/α-hetero) is 2. The molecule has 0 atom stereocenters. The average Bonchev–Trinajstić information content (AvgIpc) is 2.63. The van der Waals surface area contributed by atoms with Crippen molar-refractivity contribution in [2.75, 3.05) is 0 Å². The van der Waals surface area contributed by atoms with E-state index in [0.717, 1.165) is 10.1 Å². The third-order valence-electron chi connectivity index (χ3n) is 4.51. The molecule has 2 heterocycles. The minimum Gasteiger partial charge on any atom is -0.292 e. The van der Waals surface area contributed by atoms with E-state index in [2.05, 4.69) is 0 Å². The number of para-hydroxylation sites is 1. The fourth-order valence-corrected chi connectivity index (χ4v) is 3.25. The highest BCUT2D eigenvalue weighted by atomic mass is 16.2. The Bertz CT molecular complexity index is 1180. The molecule has 0 saturated carbocycles. The van der Waals surface area contributed by atoms with Gasteiger partial charge in [0.1, 0.15) is 0 Å². The van der Waals surface area contributed by atoms with E-state index >= 15 is 0 Å². The molecule has 25 heavy (non-hydrogen) atoms. The van der Waals surface area contributed by atoms with Gasteiger partial charge in [0, 0.05) is 13.0 Å². The largest absolute Gasteiger partial charge is 0.336 e. The number of carbonyl (C=O) groups excluding carboxylic acids is 2. The number of hydrogen-bond donors (Lipinski definition) is 0. The molecule has 1 aliphatic rings. The zero-order valence-electron chi connectivity index (χ0n) is 13.5. The van der Waals surface area contributed by atoms with Gasteiger partial charge in [0.05, 0.1) is 22.2 Å². The van der Waals surface area contributed by atoms with Crippen LogP contribution in [0.2, 0.25) is 0 Å². The van der Waals surface area contributed by atoms with Crippen molar-refractivity contribution in [3.63, 3.8) is 0 Å². The smallest absolute Gasteiger partial charge is 0.292 e. The molecule has 0 fully saturated rings. The minimum atomic E-state index is -0.673. The van der Waals surface area contributed by atoms with Crippen LogP contribution in [0.1, 0.15) is 22.3 Å². The molecule has 1 aromatic heterocycles. The quantitative estimate of drug-likeness (QED) is 0.585. The summed E-state index contributed by atoms with van der Waals surface area (Å²) >= 11 is 0. The van der Waals surface area contributed by atoms with Crippen LogP contribution in [0.15, 0.2) is 52.1 Å². The molecular formula is C19H14N2O4. The molecule has 0 amide bonds. The maximum atomic E-state index is 13.0. The van der Waals surface area contributed by atoms with E-state index in [4.69, 9.17) is 0 Å². The molecule has 0 unspecified atom stereocenters. The molecule has 0 spiro atoms. The molecular weight excluding hydrogens is 320 g/mol. The third kappa shape index (κ3) is 2.18. The number of nitrogens with zero attached hydrogens (tertiary/aromatic N) is 2. The zero-order valence-corrected chi connectivity index (χ0v) is 13.5. The predicted molar refractivity (Wildman–Crippen MR) is 92.5 cm³/mol. The van der Waals surface area contributed by atoms with Gasteiger partial charge in [-0.3, -0.25) is 19.0 Å². The van der Waals surface area contributed by atoms with Crippen LogP contribution in [0.25, 0.3) is 16.6 Å². The Morgan fingerprint density at radius 1 is 0.960 bits per heavy atom. The fourth-order valence-electron chi connectivity index (χ4n) is 3.25. The summed E-state index contributed by atoms with van der Waals surface area (Å²) in [5.74, 6) is -1.25. The predicted octanol–water partition coefficient (Wildman–Crippen LogP) is 1.62. The van der Waals surface area contributed by atoms with Gasteiger partial charge < -0.3 is 0 Å². The van der Waals surface area contributed by atoms with Crippen molar-refractivity contribution in [3.05, 3.63) is 74.4 Å². The normalized spacial score (nSPS) is 14.0. The van der Waals surface area contributed by atoms with Crippen LogP contribution in [0.4, 0.5) is 0 Å². The monoisotopic (exact) mass is 334 g/mol. The highest BCUT2D eigenvalue weighted by molar-refractivity contribution is 6.44. The van der Waals surface area contributed by atoms with Crippen LogP contribution in [-0.4, -0.2) is 20.7 Å². The molecule has 2 bridgehead atoms. The van der Waals surface area contributed by atoms with Crippen molar-refractivity contribution in [2.45, 2.75) is 19.9 Å². The third-order valence-corrected chi connectivity index (χ3v) is 4.51. The topological polar surface area (TPSA) is 78.1 Å². The molecule has 3 aromatic rings. The summed E-state index contributed by atoms with van der Waals surface area (Å²) in [4.78, 5) is 50.7. The van der Waals surface area contributed by atoms with Gasteiger partial charge in [0.25, 0.3) is 5.56 Å². The minimum absolute atomic E-state index is 0.0527. The van der Waals surface area contributed by atoms with E-state index in [-0.39, 0.29) is 24.2 Å². The van der Waals surface area contributed by atoms with Crippen molar-refractivity contribution in [2.24, 2.45) is 0 Å². The Morgan fingerprint density at radius 2 is 1.72 bits per heavy atom. The lowest BCUT2D eigenvalue weighted by molar-refractivity contribution is -0.115.